The summed E-state index contributed by atoms with van der Waals surface area (Å²) < 4.78 is 5.80. The third kappa shape index (κ3) is 4.44. The van der Waals surface area contributed by atoms with Crippen LogP contribution in [0.15, 0.2) is 42.7 Å². The maximum Gasteiger partial charge on any atom is 0.324 e. The molecule has 1 atom stereocenters. The van der Waals surface area contributed by atoms with Gasteiger partial charge in [0.25, 0.3) is 0 Å². The van der Waals surface area contributed by atoms with E-state index in [0.717, 1.165) is 11.3 Å². The monoisotopic (exact) mass is 300 g/mol. The summed E-state index contributed by atoms with van der Waals surface area (Å²) in [5.41, 5.74) is 1.10. The van der Waals surface area contributed by atoms with Crippen LogP contribution in [0, 0.1) is 0 Å². The molecule has 0 saturated heterocycles. The number of carbonyl (C=O) groups excluding carboxylic acids is 1. The Morgan fingerprint density at radius 1 is 1.09 bits per heavy atom. The zero-order valence-corrected chi connectivity index (χ0v) is 12.9. The Hall–Kier alpha value is -2.63. The summed E-state index contributed by atoms with van der Waals surface area (Å²) in [4.78, 5) is 19.7. The van der Waals surface area contributed by atoms with Crippen LogP contribution >= 0.6 is 0 Å². The molecular weight excluding hydrogens is 280 g/mol. The van der Waals surface area contributed by atoms with Crippen molar-refractivity contribution in [3.05, 3.63) is 48.3 Å². The Morgan fingerprint density at radius 3 is 2.45 bits per heavy atom. The molecule has 0 aliphatic carbocycles. The lowest BCUT2D eigenvalue weighted by Crippen LogP contribution is -2.40. The number of ether oxygens (including phenoxy) is 1. The zero-order valence-electron chi connectivity index (χ0n) is 12.9. The van der Waals surface area contributed by atoms with Gasteiger partial charge in [-0.3, -0.25) is 5.32 Å². The summed E-state index contributed by atoms with van der Waals surface area (Å²) in [6.45, 7) is 5.96. The van der Waals surface area contributed by atoms with Crippen molar-refractivity contribution in [3.63, 3.8) is 0 Å². The normalized spacial score (nSPS) is 11.8. The summed E-state index contributed by atoms with van der Waals surface area (Å²) in [7, 11) is 0. The van der Waals surface area contributed by atoms with Gasteiger partial charge in [-0.15, -0.1) is 0 Å². The minimum Gasteiger partial charge on any atom is -0.471 e. The molecule has 1 aromatic carbocycles. The first-order valence-corrected chi connectivity index (χ1v) is 7.16. The molecule has 0 saturated carbocycles. The number of hydrogen-bond acceptors (Lipinski definition) is 4. The highest BCUT2D eigenvalue weighted by molar-refractivity contribution is 5.87. The Labute approximate surface area is 129 Å². The molecule has 0 radical (unpaired) electrons. The van der Waals surface area contributed by atoms with Gasteiger partial charge >= 0.3 is 6.03 Å². The van der Waals surface area contributed by atoms with E-state index in [4.69, 9.17) is 4.74 Å². The van der Waals surface area contributed by atoms with Crippen LogP contribution < -0.4 is 15.4 Å². The number of nitrogens with one attached hydrogen (secondary N) is 2. The topological polar surface area (TPSA) is 76.1 Å². The molecule has 1 aromatic heterocycles. The van der Waals surface area contributed by atoms with Crippen LogP contribution in [-0.2, 0) is 0 Å². The van der Waals surface area contributed by atoms with Gasteiger partial charge in [0, 0.05) is 12.4 Å². The largest absolute Gasteiger partial charge is 0.471 e. The highest BCUT2D eigenvalue weighted by atomic mass is 16.5. The predicted molar refractivity (Wildman–Crippen MR) is 84.8 cm³/mol. The number of nitrogens with zero attached hydrogens (tertiary/aromatic N) is 2. The van der Waals surface area contributed by atoms with Crippen LogP contribution in [0.3, 0.4) is 0 Å². The number of aromatic nitrogens is 2. The van der Waals surface area contributed by atoms with Crippen LogP contribution in [-0.4, -0.2) is 22.2 Å². The van der Waals surface area contributed by atoms with Gasteiger partial charge in [0.05, 0.1) is 0 Å². The Bertz CT molecular complexity index is 617. The van der Waals surface area contributed by atoms with Gasteiger partial charge in [-0.25, -0.2) is 14.8 Å². The van der Waals surface area contributed by atoms with E-state index < -0.39 is 12.3 Å². The minimum absolute atomic E-state index is 0.245. The molecule has 6 nitrogen and oxygen atoms in total. The van der Waals surface area contributed by atoms with Crippen molar-refractivity contribution in [2.24, 2.45) is 0 Å². The Kier molecular flexibility index (Phi) is 5.30. The summed E-state index contributed by atoms with van der Waals surface area (Å²) >= 11 is 0. The van der Waals surface area contributed by atoms with Gasteiger partial charge in [0.15, 0.2) is 6.23 Å². The summed E-state index contributed by atoms with van der Waals surface area (Å²) in [6, 6.07) is 9.06. The lowest BCUT2D eigenvalue weighted by atomic mass is 10.0. The van der Waals surface area contributed by atoms with Crippen LogP contribution in [0.5, 0.6) is 5.75 Å². The molecule has 2 N–H and O–H groups in total. The number of carbonyl (C=O) groups is 1. The highest BCUT2D eigenvalue weighted by Crippen LogP contribution is 2.26. The first-order chi connectivity index (χ1) is 10.6. The summed E-state index contributed by atoms with van der Waals surface area (Å²) in [5, 5.41) is 5.23. The molecule has 0 bridgehead atoms. The van der Waals surface area contributed by atoms with Gasteiger partial charge in [0.1, 0.15) is 5.75 Å². The molecule has 2 aromatic rings. The van der Waals surface area contributed by atoms with Gasteiger partial charge in [-0.2, -0.15) is 0 Å². The number of anilines is 1. The van der Waals surface area contributed by atoms with Crippen molar-refractivity contribution in [2.45, 2.75) is 32.9 Å². The van der Waals surface area contributed by atoms with Crippen LogP contribution in [0.25, 0.3) is 0 Å². The number of hydrogen-bond donors (Lipinski definition) is 2. The fourth-order valence-electron chi connectivity index (χ4n) is 1.97. The van der Waals surface area contributed by atoms with E-state index in [-0.39, 0.29) is 5.95 Å². The van der Waals surface area contributed by atoms with Crippen molar-refractivity contribution in [1.29, 1.82) is 0 Å². The molecule has 6 heteroatoms. The van der Waals surface area contributed by atoms with Crippen LogP contribution in [0.2, 0.25) is 0 Å². The summed E-state index contributed by atoms with van der Waals surface area (Å²) in [6.07, 6.45) is 2.63. The van der Waals surface area contributed by atoms with Gasteiger partial charge < -0.3 is 10.1 Å². The molecule has 22 heavy (non-hydrogen) atoms. The van der Waals surface area contributed by atoms with Gasteiger partial charge in [-0.05, 0) is 30.5 Å². The Balaban J connectivity index is 1.93. The maximum absolute atomic E-state index is 11.8. The second kappa shape index (κ2) is 7.40. The molecule has 2 amide bonds. The van der Waals surface area contributed by atoms with Crippen molar-refractivity contribution < 1.29 is 9.53 Å². The second-order valence-electron chi connectivity index (χ2n) is 5.12. The molecule has 1 unspecified atom stereocenters. The number of para-hydroxylation sites is 1. The van der Waals surface area contributed by atoms with E-state index in [1.54, 1.807) is 25.4 Å². The van der Waals surface area contributed by atoms with Crippen LogP contribution in [0.1, 0.15) is 32.3 Å². The SMILES string of the molecule is CC(NC(=O)Nc1ncccn1)Oc1ccccc1C(C)C. The fraction of sp³-hybridized carbons (Fsp3) is 0.312. The van der Waals surface area contributed by atoms with E-state index in [1.807, 2.05) is 24.3 Å². The Morgan fingerprint density at radius 2 is 1.77 bits per heavy atom. The highest BCUT2D eigenvalue weighted by Gasteiger charge is 2.13. The number of rotatable bonds is 5. The van der Waals surface area contributed by atoms with Crippen molar-refractivity contribution in [2.75, 3.05) is 5.32 Å². The van der Waals surface area contributed by atoms with Crippen LogP contribution in [0.4, 0.5) is 10.7 Å². The molecule has 0 spiro atoms. The molecular formula is C16H20N4O2. The van der Waals surface area contributed by atoms with Crippen molar-refractivity contribution in [1.82, 2.24) is 15.3 Å². The molecule has 0 aliphatic rings. The second-order valence-corrected chi connectivity index (χ2v) is 5.12. The first kappa shape index (κ1) is 15.8. The molecule has 0 aliphatic heterocycles. The molecule has 116 valence electrons. The quantitative estimate of drug-likeness (QED) is 0.832. The average Bonchev–Trinajstić information content (AvgIpc) is 2.48. The van der Waals surface area contributed by atoms with E-state index in [2.05, 4.69) is 34.4 Å². The maximum atomic E-state index is 11.8. The van der Waals surface area contributed by atoms with Crippen molar-refractivity contribution >= 4 is 12.0 Å². The van der Waals surface area contributed by atoms with Crippen molar-refractivity contribution in [3.8, 4) is 5.75 Å². The third-order valence-corrected chi connectivity index (χ3v) is 2.97. The molecule has 2 rings (SSSR count). The number of urea groups is 1. The third-order valence-electron chi connectivity index (χ3n) is 2.97. The zero-order chi connectivity index (χ0) is 15.9. The van der Waals surface area contributed by atoms with E-state index in [9.17, 15) is 4.79 Å². The average molecular weight is 300 g/mol. The first-order valence-electron chi connectivity index (χ1n) is 7.16. The van der Waals surface area contributed by atoms with Gasteiger partial charge in [0.2, 0.25) is 5.95 Å². The lowest BCUT2D eigenvalue weighted by molar-refractivity contribution is 0.181. The van der Waals surface area contributed by atoms with E-state index in [0.29, 0.717) is 5.92 Å². The number of benzene rings is 1. The number of amides is 2. The van der Waals surface area contributed by atoms with Gasteiger partial charge in [-0.1, -0.05) is 32.0 Å². The standard InChI is InChI=1S/C16H20N4O2/c1-11(2)13-7-4-5-8-14(13)22-12(3)19-16(21)20-15-17-9-6-10-18-15/h4-12H,1-3H3,(H2,17,18,19,20,21). The predicted octanol–water partition coefficient (Wildman–Crippen LogP) is 3.15. The molecule has 0 fully saturated rings. The van der Waals surface area contributed by atoms with E-state index >= 15 is 0 Å². The smallest absolute Gasteiger partial charge is 0.324 e. The lowest BCUT2D eigenvalue weighted by Gasteiger charge is -2.19. The van der Waals surface area contributed by atoms with E-state index in [1.165, 1.54) is 0 Å². The summed E-state index contributed by atoms with van der Waals surface area (Å²) in [5.74, 6) is 1.35. The molecule has 1 heterocycles. The minimum atomic E-state index is -0.483. The fourth-order valence-corrected chi connectivity index (χ4v) is 1.97.